The average molecular weight is 376 g/mol. The molecule has 8 heteroatoms. The molecular formula is C12H10BrNO4S2. The number of nitrogens with one attached hydrogen (secondary N) is 1. The molecule has 1 aromatic carbocycles. The molecule has 0 amide bonds. The Hall–Kier alpha value is -1.38. The SMILES string of the molecule is Cc1cccc(NS(=O)(=O)c2sccc2Br)c1C(=O)O. The predicted molar refractivity (Wildman–Crippen MR) is 81.0 cm³/mol. The van der Waals surface area contributed by atoms with E-state index in [4.69, 9.17) is 0 Å². The van der Waals surface area contributed by atoms with Gasteiger partial charge in [0.15, 0.2) is 4.21 Å². The first-order valence-corrected chi connectivity index (χ1v) is 8.57. The van der Waals surface area contributed by atoms with Crippen LogP contribution in [0.1, 0.15) is 15.9 Å². The molecule has 0 saturated carbocycles. The highest BCUT2D eigenvalue weighted by Crippen LogP contribution is 2.30. The van der Waals surface area contributed by atoms with E-state index in [0.29, 0.717) is 10.0 Å². The smallest absolute Gasteiger partial charge is 0.338 e. The summed E-state index contributed by atoms with van der Waals surface area (Å²) in [5, 5.41) is 10.8. The highest BCUT2D eigenvalue weighted by Gasteiger charge is 2.22. The van der Waals surface area contributed by atoms with Crippen LogP contribution in [0, 0.1) is 6.92 Å². The zero-order valence-corrected chi connectivity index (χ0v) is 13.5. The Morgan fingerprint density at radius 1 is 1.35 bits per heavy atom. The summed E-state index contributed by atoms with van der Waals surface area (Å²) in [6.07, 6.45) is 0. The van der Waals surface area contributed by atoms with E-state index in [1.54, 1.807) is 30.5 Å². The van der Waals surface area contributed by atoms with Crippen molar-refractivity contribution in [3.05, 3.63) is 45.2 Å². The van der Waals surface area contributed by atoms with Gasteiger partial charge in [-0.3, -0.25) is 4.72 Å². The first kappa shape index (κ1) is 15.0. The number of sulfonamides is 1. The van der Waals surface area contributed by atoms with Crippen LogP contribution in [0.5, 0.6) is 0 Å². The molecular weight excluding hydrogens is 366 g/mol. The van der Waals surface area contributed by atoms with Crippen LogP contribution in [0.2, 0.25) is 0 Å². The monoisotopic (exact) mass is 375 g/mol. The highest BCUT2D eigenvalue weighted by atomic mass is 79.9. The lowest BCUT2D eigenvalue weighted by molar-refractivity contribution is 0.0697. The third kappa shape index (κ3) is 2.87. The van der Waals surface area contributed by atoms with E-state index >= 15 is 0 Å². The first-order valence-electron chi connectivity index (χ1n) is 5.41. The standard InChI is InChI=1S/C12H10BrNO4S2/c1-7-3-2-4-9(10(7)11(15)16)14-20(17,18)12-8(13)5-6-19-12/h2-6,14H,1H3,(H,15,16). The third-order valence-corrected chi connectivity index (χ3v) is 6.60. The van der Waals surface area contributed by atoms with Gasteiger partial charge in [-0.25, -0.2) is 13.2 Å². The number of halogens is 1. The van der Waals surface area contributed by atoms with Gasteiger partial charge in [-0.2, -0.15) is 0 Å². The Balaban J connectivity index is 2.48. The second kappa shape index (κ2) is 5.55. The molecule has 20 heavy (non-hydrogen) atoms. The Labute approximate surface area is 128 Å². The number of hydrogen-bond donors (Lipinski definition) is 2. The summed E-state index contributed by atoms with van der Waals surface area (Å²) in [7, 11) is -3.82. The molecule has 0 atom stereocenters. The number of aromatic carboxylic acids is 1. The first-order chi connectivity index (χ1) is 9.33. The molecule has 1 heterocycles. The zero-order valence-electron chi connectivity index (χ0n) is 10.3. The van der Waals surface area contributed by atoms with E-state index in [1.807, 2.05) is 0 Å². The van der Waals surface area contributed by atoms with Crippen molar-refractivity contribution in [2.45, 2.75) is 11.1 Å². The Kier molecular flexibility index (Phi) is 4.17. The molecule has 0 unspecified atom stereocenters. The molecule has 0 aliphatic heterocycles. The zero-order chi connectivity index (χ0) is 14.9. The van der Waals surface area contributed by atoms with Crippen LogP contribution in [0.4, 0.5) is 5.69 Å². The molecule has 2 rings (SSSR count). The third-order valence-electron chi connectivity index (χ3n) is 2.56. The molecule has 2 N–H and O–H groups in total. The minimum absolute atomic E-state index is 0.0521. The second-order valence-electron chi connectivity index (χ2n) is 3.96. The molecule has 0 bridgehead atoms. The van der Waals surface area contributed by atoms with Crippen molar-refractivity contribution in [1.29, 1.82) is 0 Å². The van der Waals surface area contributed by atoms with Crippen molar-refractivity contribution < 1.29 is 18.3 Å². The number of carboxylic acid groups (broad SMARTS) is 1. The lowest BCUT2D eigenvalue weighted by Gasteiger charge is -2.11. The fourth-order valence-electron chi connectivity index (χ4n) is 1.70. The van der Waals surface area contributed by atoms with Crippen LogP contribution >= 0.6 is 27.3 Å². The quantitative estimate of drug-likeness (QED) is 0.858. The van der Waals surface area contributed by atoms with Gasteiger partial charge in [0.25, 0.3) is 10.0 Å². The van der Waals surface area contributed by atoms with Gasteiger partial charge in [-0.1, -0.05) is 12.1 Å². The molecule has 0 fully saturated rings. The van der Waals surface area contributed by atoms with E-state index in [9.17, 15) is 18.3 Å². The molecule has 5 nitrogen and oxygen atoms in total. The maximum absolute atomic E-state index is 12.2. The maximum atomic E-state index is 12.2. The number of carbonyl (C=O) groups is 1. The van der Waals surface area contributed by atoms with E-state index in [1.165, 1.54) is 6.07 Å². The van der Waals surface area contributed by atoms with Gasteiger partial charge in [0, 0.05) is 4.47 Å². The van der Waals surface area contributed by atoms with Gasteiger partial charge in [0.05, 0.1) is 11.3 Å². The Morgan fingerprint density at radius 2 is 2.05 bits per heavy atom. The van der Waals surface area contributed by atoms with Crippen LogP contribution in [-0.2, 0) is 10.0 Å². The number of benzene rings is 1. The number of rotatable bonds is 4. The summed E-state index contributed by atoms with van der Waals surface area (Å²) < 4.78 is 27.4. The fraction of sp³-hybridized carbons (Fsp3) is 0.0833. The summed E-state index contributed by atoms with van der Waals surface area (Å²) in [5.41, 5.74) is 0.490. The summed E-state index contributed by atoms with van der Waals surface area (Å²) >= 11 is 4.20. The number of anilines is 1. The van der Waals surface area contributed by atoms with Crippen molar-refractivity contribution in [1.82, 2.24) is 0 Å². The summed E-state index contributed by atoms with van der Waals surface area (Å²) in [6.45, 7) is 1.61. The van der Waals surface area contributed by atoms with E-state index < -0.39 is 16.0 Å². The molecule has 106 valence electrons. The van der Waals surface area contributed by atoms with Crippen LogP contribution in [0.25, 0.3) is 0 Å². The molecule has 1 aromatic heterocycles. The molecule has 0 spiro atoms. The largest absolute Gasteiger partial charge is 0.478 e. The Bertz CT molecular complexity index is 768. The van der Waals surface area contributed by atoms with E-state index in [2.05, 4.69) is 20.7 Å². The summed E-state index contributed by atoms with van der Waals surface area (Å²) in [6, 6.07) is 6.26. The Morgan fingerprint density at radius 3 is 2.60 bits per heavy atom. The molecule has 0 aliphatic carbocycles. The summed E-state index contributed by atoms with van der Waals surface area (Å²) in [5.74, 6) is -1.17. The minimum Gasteiger partial charge on any atom is -0.478 e. The number of thiophene rings is 1. The van der Waals surface area contributed by atoms with Gasteiger partial charge in [0.2, 0.25) is 0 Å². The minimum atomic E-state index is -3.82. The van der Waals surface area contributed by atoms with Crippen LogP contribution in [0.15, 0.2) is 38.3 Å². The molecule has 0 aliphatic rings. The van der Waals surface area contributed by atoms with Gasteiger partial charge < -0.3 is 5.11 Å². The van der Waals surface area contributed by atoms with Crippen LogP contribution in [0.3, 0.4) is 0 Å². The molecule has 2 aromatic rings. The second-order valence-corrected chi connectivity index (χ2v) is 7.61. The van der Waals surface area contributed by atoms with Gasteiger partial charge in [0.1, 0.15) is 0 Å². The highest BCUT2D eigenvalue weighted by molar-refractivity contribution is 9.10. The number of carboxylic acids is 1. The van der Waals surface area contributed by atoms with Gasteiger partial charge in [-0.15, -0.1) is 11.3 Å². The van der Waals surface area contributed by atoms with E-state index in [0.717, 1.165) is 11.3 Å². The molecule has 0 saturated heterocycles. The van der Waals surface area contributed by atoms with E-state index in [-0.39, 0.29) is 15.5 Å². The fourth-order valence-corrected chi connectivity index (χ4v) is 5.11. The van der Waals surface area contributed by atoms with Crippen molar-refractivity contribution in [2.24, 2.45) is 0 Å². The van der Waals surface area contributed by atoms with Gasteiger partial charge >= 0.3 is 5.97 Å². The van der Waals surface area contributed by atoms with Crippen LogP contribution < -0.4 is 4.72 Å². The normalized spacial score (nSPS) is 11.3. The lowest BCUT2D eigenvalue weighted by atomic mass is 10.1. The van der Waals surface area contributed by atoms with Crippen molar-refractivity contribution in [2.75, 3.05) is 4.72 Å². The van der Waals surface area contributed by atoms with Crippen molar-refractivity contribution in [3.63, 3.8) is 0 Å². The van der Waals surface area contributed by atoms with Crippen LogP contribution in [-0.4, -0.2) is 19.5 Å². The van der Waals surface area contributed by atoms with Crippen molar-refractivity contribution in [3.8, 4) is 0 Å². The lowest BCUT2D eigenvalue weighted by Crippen LogP contribution is -2.15. The predicted octanol–water partition coefficient (Wildman–Crippen LogP) is 3.32. The number of hydrogen-bond acceptors (Lipinski definition) is 4. The van der Waals surface area contributed by atoms with Crippen molar-refractivity contribution >= 4 is 48.9 Å². The van der Waals surface area contributed by atoms with Gasteiger partial charge in [-0.05, 0) is 45.9 Å². The molecule has 0 radical (unpaired) electrons. The topological polar surface area (TPSA) is 83.5 Å². The maximum Gasteiger partial charge on any atom is 0.338 e. The average Bonchev–Trinajstić information content (AvgIpc) is 2.75. The summed E-state index contributed by atoms with van der Waals surface area (Å²) in [4.78, 5) is 11.2. The number of aryl methyl sites for hydroxylation is 1.